The van der Waals surface area contributed by atoms with Gasteiger partial charge in [-0.05, 0) is 45.4 Å². The molecule has 0 bridgehead atoms. The number of carbonyl (C=O) groups is 2. The van der Waals surface area contributed by atoms with E-state index in [1.165, 1.54) is 0 Å². The Morgan fingerprint density at radius 3 is 2.46 bits per heavy atom. The second-order valence-corrected chi connectivity index (χ2v) is 6.77. The number of nitrogens with two attached hydrogens (primary N) is 3. The van der Waals surface area contributed by atoms with Gasteiger partial charge in [0.25, 0.3) is 0 Å². The Labute approximate surface area is 143 Å². The molecule has 8 heteroatoms. The van der Waals surface area contributed by atoms with Crippen molar-refractivity contribution in [2.45, 2.75) is 63.6 Å². The highest BCUT2D eigenvalue weighted by Crippen LogP contribution is 2.25. The lowest BCUT2D eigenvalue weighted by atomic mass is 10.1. The Kier molecular flexibility index (Phi) is 6.42. The third-order valence-corrected chi connectivity index (χ3v) is 4.94. The molecule has 0 aliphatic carbocycles. The zero-order chi connectivity index (χ0) is 17.7. The molecule has 24 heavy (non-hydrogen) atoms. The molecular formula is C16H30N6O2. The lowest BCUT2D eigenvalue weighted by molar-refractivity contribution is -0.144. The van der Waals surface area contributed by atoms with E-state index >= 15 is 0 Å². The first-order chi connectivity index (χ1) is 11.4. The Morgan fingerprint density at radius 1 is 1.17 bits per heavy atom. The summed E-state index contributed by atoms with van der Waals surface area (Å²) in [5.74, 6) is -0.0132. The van der Waals surface area contributed by atoms with Gasteiger partial charge < -0.3 is 27.0 Å². The monoisotopic (exact) mass is 338 g/mol. The van der Waals surface area contributed by atoms with Gasteiger partial charge in [-0.3, -0.25) is 14.6 Å². The van der Waals surface area contributed by atoms with Gasteiger partial charge in [0.15, 0.2) is 5.96 Å². The van der Waals surface area contributed by atoms with E-state index in [1.54, 1.807) is 4.90 Å². The summed E-state index contributed by atoms with van der Waals surface area (Å²) in [6.45, 7) is 3.93. The molecular weight excluding hydrogens is 308 g/mol. The van der Waals surface area contributed by atoms with Gasteiger partial charge in [0, 0.05) is 25.7 Å². The van der Waals surface area contributed by atoms with E-state index in [9.17, 15) is 9.59 Å². The summed E-state index contributed by atoms with van der Waals surface area (Å²) in [7, 11) is 0. The number of carbonyl (C=O) groups excluding carboxylic acids is 2. The molecule has 2 aliphatic heterocycles. The van der Waals surface area contributed by atoms with Crippen molar-refractivity contribution >= 4 is 17.8 Å². The van der Waals surface area contributed by atoms with Crippen molar-refractivity contribution in [2.24, 2.45) is 22.2 Å². The minimum atomic E-state index is -0.608. The van der Waals surface area contributed by atoms with Crippen LogP contribution in [0.4, 0.5) is 0 Å². The Hall–Kier alpha value is -1.83. The molecule has 8 nitrogen and oxygen atoms in total. The van der Waals surface area contributed by atoms with Crippen LogP contribution in [0.3, 0.4) is 0 Å². The van der Waals surface area contributed by atoms with Crippen molar-refractivity contribution in [1.29, 1.82) is 0 Å². The number of rotatable bonds is 6. The first-order valence-electron chi connectivity index (χ1n) is 8.83. The van der Waals surface area contributed by atoms with E-state index in [-0.39, 0.29) is 29.9 Å². The lowest BCUT2D eigenvalue weighted by Gasteiger charge is -2.31. The highest BCUT2D eigenvalue weighted by Gasteiger charge is 2.39. The molecule has 2 saturated heterocycles. The summed E-state index contributed by atoms with van der Waals surface area (Å²) >= 11 is 0. The summed E-state index contributed by atoms with van der Waals surface area (Å²) in [5.41, 5.74) is 16.6. The summed E-state index contributed by atoms with van der Waals surface area (Å²) in [6, 6.07) is -0.686. The van der Waals surface area contributed by atoms with E-state index in [1.807, 2.05) is 4.90 Å². The number of likely N-dealkylation sites (tertiary alicyclic amines) is 2. The number of hydrogen-bond donors (Lipinski definition) is 3. The molecule has 2 rings (SSSR count). The van der Waals surface area contributed by atoms with Crippen molar-refractivity contribution < 1.29 is 9.59 Å². The molecule has 3 atom stereocenters. The maximum Gasteiger partial charge on any atom is 0.245 e. The second kappa shape index (κ2) is 8.32. The van der Waals surface area contributed by atoms with Gasteiger partial charge in [-0.1, -0.05) is 0 Å². The summed E-state index contributed by atoms with van der Waals surface area (Å²) < 4.78 is 0. The van der Waals surface area contributed by atoms with Crippen molar-refractivity contribution in [1.82, 2.24) is 9.80 Å². The predicted molar refractivity (Wildman–Crippen MR) is 93.0 cm³/mol. The summed E-state index contributed by atoms with van der Waals surface area (Å²) in [5, 5.41) is 0. The Balaban J connectivity index is 1.90. The van der Waals surface area contributed by atoms with Crippen LogP contribution in [-0.4, -0.2) is 65.3 Å². The minimum Gasteiger partial charge on any atom is -0.370 e. The fourth-order valence-electron chi connectivity index (χ4n) is 3.60. The van der Waals surface area contributed by atoms with Crippen LogP contribution in [0.2, 0.25) is 0 Å². The largest absolute Gasteiger partial charge is 0.370 e. The maximum atomic E-state index is 12.8. The topological polar surface area (TPSA) is 131 Å². The number of nitrogens with zero attached hydrogens (tertiary/aromatic N) is 3. The number of aliphatic imine (C=N–C) groups is 1. The molecule has 0 saturated carbocycles. The van der Waals surface area contributed by atoms with Gasteiger partial charge in [0.05, 0.1) is 6.04 Å². The van der Waals surface area contributed by atoms with Crippen molar-refractivity contribution in [3.63, 3.8) is 0 Å². The quantitative estimate of drug-likeness (QED) is 0.337. The van der Waals surface area contributed by atoms with Crippen LogP contribution in [0.5, 0.6) is 0 Å². The molecule has 0 aromatic carbocycles. The van der Waals surface area contributed by atoms with Crippen molar-refractivity contribution in [3.8, 4) is 0 Å². The fraction of sp³-hybridized carbons (Fsp3) is 0.812. The van der Waals surface area contributed by atoms with Crippen LogP contribution >= 0.6 is 0 Å². The third kappa shape index (κ3) is 4.37. The molecule has 0 aromatic heterocycles. The number of amides is 2. The summed E-state index contributed by atoms with van der Waals surface area (Å²) in [6.07, 6.45) is 4.81. The number of guanidine groups is 1. The Bertz CT molecular complexity index is 491. The SMILES string of the molecule is C[C@@H]1CCCN1C(=O)[C@@H]1CCCN1C(=O)[C@@H](N)CCCN=C(N)N. The van der Waals surface area contributed by atoms with Gasteiger partial charge in [-0.15, -0.1) is 0 Å². The van der Waals surface area contributed by atoms with Gasteiger partial charge in [0.1, 0.15) is 6.04 Å². The molecule has 0 aromatic rings. The highest BCUT2D eigenvalue weighted by molar-refractivity contribution is 5.90. The number of hydrogen-bond acceptors (Lipinski definition) is 4. The van der Waals surface area contributed by atoms with Crippen LogP contribution in [-0.2, 0) is 9.59 Å². The average molecular weight is 338 g/mol. The van der Waals surface area contributed by atoms with Crippen LogP contribution in [0.25, 0.3) is 0 Å². The van der Waals surface area contributed by atoms with Crippen LogP contribution in [0.1, 0.15) is 45.4 Å². The van der Waals surface area contributed by atoms with Gasteiger partial charge in [-0.2, -0.15) is 0 Å². The van der Waals surface area contributed by atoms with Crippen molar-refractivity contribution in [3.05, 3.63) is 0 Å². The molecule has 136 valence electrons. The van der Waals surface area contributed by atoms with E-state index in [0.717, 1.165) is 32.2 Å². The lowest BCUT2D eigenvalue weighted by Crippen LogP contribution is -2.52. The first-order valence-corrected chi connectivity index (χ1v) is 8.83. The van der Waals surface area contributed by atoms with E-state index in [4.69, 9.17) is 17.2 Å². The average Bonchev–Trinajstić information content (AvgIpc) is 3.18. The van der Waals surface area contributed by atoms with Gasteiger partial charge in [-0.25, -0.2) is 0 Å². The van der Waals surface area contributed by atoms with Gasteiger partial charge >= 0.3 is 0 Å². The highest BCUT2D eigenvalue weighted by atomic mass is 16.2. The van der Waals surface area contributed by atoms with Crippen LogP contribution in [0, 0.1) is 0 Å². The third-order valence-electron chi connectivity index (χ3n) is 4.94. The Morgan fingerprint density at radius 2 is 1.83 bits per heavy atom. The minimum absolute atomic E-state index is 0.0415. The summed E-state index contributed by atoms with van der Waals surface area (Å²) in [4.78, 5) is 32.9. The fourth-order valence-corrected chi connectivity index (χ4v) is 3.60. The predicted octanol–water partition coefficient (Wildman–Crippen LogP) is -0.631. The van der Waals surface area contributed by atoms with E-state index in [0.29, 0.717) is 25.9 Å². The van der Waals surface area contributed by atoms with E-state index < -0.39 is 6.04 Å². The standard InChI is InChI=1S/C16H30N6O2/c1-11-5-3-9-21(11)15(24)13-7-4-10-22(13)14(23)12(17)6-2-8-20-16(18)19/h11-13H,2-10,17H2,1H3,(H4,18,19,20)/t11-,12+,13+/m1/s1. The molecule has 0 spiro atoms. The molecule has 2 heterocycles. The van der Waals surface area contributed by atoms with Crippen LogP contribution < -0.4 is 17.2 Å². The van der Waals surface area contributed by atoms with E-state index in [2.05, 4.69) is 11.9 Å². The second-order valence-electron chi connectivity index (χ2n) is 6.77. The smallest absolute Gasteiger partial charge is 0.245 e. The molecule has 2 fully saturated rings. The first kappa shape index (κ1) is 18.5. The van der Waals surface area contributed by atoms with Gasteiger partial charge in [0.2, 0.25) is 11.8 Å². The zero-order valence-corrected chi connectivity index (χ0v) is 14.5. The normalized spacial score (nSPS) is 24.9. The molecule has 6 N–H and O–H groups in total. The zero-order valence-electron chi connectivity index (χ0n) is 14.5. The molecule has 2 amide bonds. The maximum absolute atomic E-state index is 12.8. The van der Waals surface area contributed by atoms with Crippen LogP contribution in [0.15, 0.2) is 4.99 Å². The molecule has 0 unspecified atom stereocenters. The molecule has 0 radical (unpaired) electrons. The van der Waals surface area contributed by atoms with Crippen molar-refractivity contribution in [2.75, 3.05) is 19.6 Å². The molecule has 2 aliphatic rings.